The topological polar surface area (TPSA) is 105 Å². The van der Waals surface area contributed by atoms with Gasteiger partial charge in [-0.2, -0.15) is 5.26 Å². The lowest BCUT2D eigenvalue weighted by molar-refractivity contribution is -0.116. The van der Waals surface area contributed by atoms with Crippen LogP contribution < -0.4 is 10.1 Å². The van der Waals surface area contributed by atoms with Crippen LogP contribution in [0.4, 0.5) is 9.80 Å². The van der Waals surface area contributed by atoms with E-state index < -0.39 is 6.09 Å². The van der Waals surface area contributed by atoms with E-state index in [1.165, 1.54) is 11.3 Å². The average molecular weight is 505 g/mol. The summed E-state index contributed by atoms with van der Waals surface area (Å²) in [5.74, 6) is 0.552. The molecule has 0 radical (unpaired) electrons. The van der Waals surface area contributed by atoms with Crippen LogP contribution in [0, 0.1) is 11.3 Å². The Morgan fingerprint density at radius 1 is 1.25 bits per heavy atom. The summed E-state index contributed by atoms with van der Waals surface area (Å²) in [4.78, 5) is 32.0. The number of pyridine rings is 1. The SMILES string of the molecule is CCOc1ccccc1[C@@H](C)CC(=O)Nc1sc2c(c1C#N)CCN(C(=O)OCc1ccncc1)C2. The lowest BCUT2D eigenvalue weighted by Crippen LogP contribution is -2.35. The first-order chi connectivity index (χ1) is 17.5. The van der Waals surface area contributed by atoms with E-state index in [2.05, 4.69) is 16.4 Å². The summed E-state index contributed by atoms with van der Waals surface area (Å²) in [6, 6.07) is 13.6. The molecule has 0 saturated heterocycles. The van der Waals surface area contributed by atoms with Gasteiger partial charge in [0.25, 0.3) is 0 Å². The van der Waals surface area contributed by atoms with E-state index in [9.17, 15) is 14.9 Å². The number of rotatable bonds is 8. The fourth-order valence-corrected chi connectivity index (χ4v) is 5.45. The summed E-state index contributed by atoms with van der Waals surface area (Å²) in [5.41, 5.74) is 3.21. The first-order valence-electron chi connectivity index (χ1n) is 11.9. The van der Waals surface area contributed by atoms with Crippen LogP contribution in [0.3, 0.4) is 0 Å². The summed E-state index contributed by atoms with van der Waals surface area (Å²) in [6.45, 7) is 5.43. The molecule has 36 heavy (non-hydrogen) atoms. The van der Waals surface area contributed by atoms with E-state index in [1.54, 1.807) is 29.4 Å². The van der Waals surface area contributed by atoms with Gasteiger partial charge in [0, 0.05) is 30.2 Å². The Labute approximate surface area is 214 Å². The smallest absolute Gasteiger partial charge is 0.410 e. The van der Waals surface area contributed by atoms with Crippen LogP contribution in [-0.4, -0.2) is 35.0 Å². The van der Waals surface area contributed by atoms with Crippen molar-refractivity contribution in [3.05, 3.63) is 75.9 Å². The number of nitriles is 1. The van der Waals surface area contributed by atoms with E-state index in [0.717, 1.165) is 27.3 Å². The number of fused-ring (bicyclic) bond motifs is 1. The van der Waals surface area contributed by atoms with Crippen molar-refractivity contribution in [1.82, 2.24) is 9.88 Å². The molecule has 0 bridgehead atoms. The summed E-state index contributed by atoms with van der Waals surface area (Å²) in [6.07, 6.45) is 3.69. The van der Waals surface area contributed by atoms with Gasteiger partial charge in [0.15, 0.2) is 0 Å². The molecule has 8 nitrogen and oxygen atoms in total. The maximum atomic E-state index is 12.9. The normalized spacial score (nSPS) is 13.3. The standard InChI is InChI=1S/C27H28N4O4S/c1-3-34-23-7-5-4-6-20(23)18(2)14-25(32)30-26-22(15-28)21-10-13-31(16-24(21)36-26)27(33)35-17-19-8-11-29-12-9-19/h4-9,11-12,18H,3,10,13-14,16-17H2,1-2H3,(H,30,32)/t18-/m0/s1. The number of aromatic nitrogens is 1. The number of carbonyl (C=O) groups is 2. The zero-order chi connectivity index (χ0) is 25.5. The highest BCUT2D eigenvalue weighted by molar-refractivity contribution is 7.16. The zero-order valence-electron chi connectivity index (χ0n) is 20.3. The van der Waals surface area contributed by atoms with Gasteiger partial charge in [0.05, 0.1) is 18.7 Å². The fourth-order valence-electron chi connectivity index (χ4n) is 4.22. The molecular formula is C27H28N4O4S. The highest BCUT2D eigenvalue weighted by Gasteiger charge is 2.28. The molecule has 0 spiro atoms. The lowest BCUT2D eigenvalue weighted by Gasteiger charge is -2.26. The molecule has 2 amide bonds. The number of ether oxygens (including phenoxy) is 2. The first-order valence-corrected chi connectivity index (χ1v) is 12.7. The molecule has 0 fully saturated rings. The molecule has 2 aromatic heterocycles. The largest absolute Gasteiger partial charge is 0.494 e. The monoisotopic (exact) mass is 504 g/mol. The van der Waals surface area contributed by atoms with Gasteiger partial charge in [-0.3, -0.25) is 9.78 Å². The van der Waals surface area contributed by atoms with E-state index >= 15 is 0 Å². The van der Waals surface area contributed by atoms with Gasteiger partial charge < -0.3 is 19.7 Å². The Bertz CT molecular complexity index is 1270. The number of hydrogen-bond acceptors (Lipinski definition) is 7. The molecule has 3 heterocycles. The van der Waals surface area contributed by atoms with Crippen molar-refractivity contribution in [3.63, 3.8) is 0 Å². The third kappa shape index (κ3) is 5.83. The molecule has 1 N–H and O–H groups in total. The summed E-state index contributed by atoms with van der Waals surface area (Å²) in [7, 11) is 0. The third-order valence-corrected chi connectivity index (χ3v) is 7.17. The second kappa shape index (κ2) is 11.7. The summed E-state index contributed by atoms with van der Waals surface area (Å²) >= 11 is 1.35. The first kappa shape index (κ1) is 25.2. The Morgan fingerprint density at radius 3 is 2.78 bits per heavy atom. The molecule has 4 rings (SSSR count). The number of benzene rings is 1. The molecule has 1 aliphatic heterocycles. The molecule has 0 saturated carbocycles. The van der Waals surface area contributed by atoms with E-state index in [1.807, 2.05) is 38.1 Å². The van der Waals surface area contributed by atoms with Crippen molar-refractivity contribution in [3.8, 4) is 11.8 Å². The number of anilines is 1. The van der Waals surface area contributed by atoms with Crippen LogP contribution in [0.25, 0.3) is 0 Å². The number of hydrogen-bond donors (Lipinski definition) is 1. The molecular weight excluding hydrogens is 476 g/mol. The maximum Gasteiger partial charge on any atom is 0.410 e. The van der Waals surface area contributed by atoms with Crippen LogP contribution in [0.1, 0.15) is 53.3 Å². The zero-order valence-corrected chi connectivity index (χ0v) is 21.1. The summed E-state index contributed by atoms with van der Waals surface area (Å²) < 4.78 is 11.1. The van der Waals surface area contributed by atoms with Gasteiger partial charge >= 0.3 is 6.09 Å². The average Bonchev–Trinajstić information content (AvgIpc) is 3.24. The van der Waals surface area contributed by atoms with Crippen LogP contribution >= 0.6 is 11.3 Å². The van der Waals surface area contributed by atoms with Crippen molar-refractivity contribution in [2.24, 2.45) is 0 Å². The van der Waals surface area contributed by atoms with Gasteiger partial charge in [-0.25, -0.2) is 4.79 Å². The molecule has 9 heteroatoms. The number of thiophene rings is 1. The predicted octanol–water partition coefficient (Wildman–Crippen LogP) is 5.24. The minimum absolute atomic E-state index is 0.0569. The number of nitrogens with one attached hydrogen (secondary N) is 1. The molecule has 3 aromatic rings. The van der Waals surface area contributed by atoms with Crippen molar-refractivity contribution in [1.29, 1.82) is 5.26 Å². The highest BCUT2D eigenvalue weighted by atomic mass is 32.1. The van der Waals surface area contributed by atoms with Crippen molar-refractivity contribution >= 4 is 28.3 Å². The van der Waals surface area contributed by atoms with Crippen LogP contribution in [0.2, 0.25) is 0 Å². The Balaban J connectivity index is 1.40. The van der Waals surface area contributed by atoms with Gasteiger partial charge in [0.2, 0.25) is 5.91 Å². The highest BCUT2D eigenvalue weighted by Crippen LogP contribution is 2.37. The quantitative estimate of drug-likeness (QED) is 0.450. The van der Waals surface area contributed by atoms with Crippen molar-refractivity contribution < 1.29 is 19.1 Å². The second-order valence-corrected chi connectivity index (χ2v) is 9.63. The molecule has 0 aliphatic carbocycles. The minimum Gasteiger partial charge on any atom is -0.494 e. The number of amides is 2. The molecule has 1 aliphatic rings. The minimum atomic E-state index is -0.406. The molecule has 1 aromatic carbocycles. The van der Waals surface area contributed by atoms with E-state index in [4.69, 9.17) is 9.47 Å². The maximum absolute atomic E-state index is 12.9. The van der Waals surface area contributed by atoms with Gasteiger partial charge in [-0.1, -0.05) is 25.1 Å². The molecule has 0 unspecified atom stereocenters. The molecule has 186 valence electrons. The number of para-hydroxylation sites is 1. The molecule has 1 atom stereocenters. The number of nitrogens with zero attached hydrogens (tertiary/aromatic N) is 3. The second-order valence-electron chi connectivity index (χ2n) is 8.53. The van der Waals surface area contributed by atoms with E-state index in [0.29, 0.717) is 36.7 Å². The lowest BCUT2D eigenvalue weighted by atomic mass is 9.96. The fraction of sp³-hybridized carbons (Fsp3) is 0.333. The van der Waals surface area contributed by atoms with Crippen molar-refractivity contribution in [2.75, 3.05) is 18.5 Å². The van der Waals surface area contributed by atoms with Gasteiger partial charge in [0.1, 0.15) is 23.4 Å². The summed E-state index contributed by atoms with van der Waals surface area (Å²) in [5, 5.41) is 13.3. The van der Waals surface area contributed by atoms with Crippen LogP contribution in [0.15, 0.2) is 48.8 Å². The van der Waals surface area contributed by atoms with E-state index in [-0.39, 0.29) is 24.9 Å². The predicted molar refractivity (Wildman–Crippen MR) is 137 cm³/mol. The number of carbonyl (C=O) groups excluding carboxylic acids is 2. The van der Waals surface area contributed by atoms with Crippen LogP contribution in [-0.2, 0) is 29.1 Å². The third-order valence-electron chi connectivity index (χ3n) is 6.03. The Morgan fingerprint density at radius 2 is 2.03 bits per heavy atom. The van der Waals surface area contributed by atoms with Crippen molar-refractivity contribution in [2.45, 2.75) is 45.8 Å². The van der Waals surface area contributed by atoms with Gasteiger partial charge in [-0.05, 0) is 54.2 Å². The van der Waals surface area contributed by atoms with Crippen LogP contribution in [0.5, 0.6) is 5.75 Å². The Kier molecular flexibility index (Phi) is 8.18. The van der Waals surface area contributed by atoms with Gasteiger partial charge in [-0.15, -0.1) is 11.3 Å². The Hall–Kier alpha value is -3.90.